The maximum absolute atomic E-state index is 10.6. The Hall–Kier alpha value is -0.130. The van der Waals surface area contributed by atoms with Crippen molar-refractivity contribution in [1.29, 1.82) is 0 Å². The molecule has 0 aromatic carbocycles. The first-order valence-electron chi connectivity index (χ1n) is 3.53. The van der Waals surface area contributed by atoms with Gasteiger partial charge in [-0.25, -0.2) is 13.1 Å². The van der Waals surface area contributed by atoms with Crippen molar-refractivity contribution in [2.24, 2.45) is 11.7 Å². The van der Waals surface area contributed by atoms with Crippen molar-refractivity contribution < 1.29 is 8.42 Å². The summed E-state index contributed by atoms with van der Waals surface area (Å²) in [6.07, 6.45) is 1.13. The summed E-state index contributed by atoms with van der Waals surface area (Å²) in [5, 5.41) is 0. The molecule has 0 saturated carbocycles. The average Bonchev–Trinajstić information content (AvgIpc) is 1.80. The largest absolute Gasteiger partial charge is 0.326 e. The van der Waals surface area contributed by atoms with Crippen molar-refractivity contribution in [3.05, 3.63) is 0 Å². The summed E-state index contributed by atoms with van der Waals surface area (Å²) >= 11 is 0. The van der Waals surface area contributed by atoms with Gasteiger partial charge in [0.1, 0.15) is 0 Å². The van der Waals surface area contributed by atoms with Crippen molar-refractivity contribution >= 4 is 10.0 Å². The molecule has 0 aliphatic heterocycles. The van der Waals surface area contributed by atoms with Crippen LogP contribution in [0, 0.1) is 5.92 Å². The quantitative estimate of drug-likeness (QED) is 0.613. The van der Waals surface area contributed by atoms with Gasteiger partial charge < -0.3 is 5.73 Å². The van der Waals surface area contributed by atoms with Crippen molar-refractivity contribution in [1.82, 2.24) is 4.72 Å². The van der Waals surface area contributed by atoms with Gasteiger partial charge in [-0.2, -0.15) is 0 Å². The highest BCUT2D eigenvalue weighted by atomic mass is 32.2. The molecule has 0 spiro atoms. The highest BCUT2D eigenvalue weighted by Gasteiger charge is 2.09. The maximum atomic E-state index is 10.6. The summed E-state index contributed by atoms with van der Waals surface area (Å²) in [4.78, 5) is 0. The average molecular weight is 180 g/mol. The molecule has 0 unspecified atom stereocenters. The summed E-state index contributed by atoms with van der Waals surface area (Å²) < 4.78 is 23.5. The van der Waals surface area contributed by atoms with E-state index in [1.54, 1.807) is 0 Å². The van der Waals surface area contributed by atoms with Gasteiger partial charge in [0, 0.05) is 12.6 Å². The van der Waals surface area contributed by atoms with Crippen LogP contribution in [0.3, 0.4) is 0 Å². The van der Waals surface area contributed by atoms with Crippen molar-refractivity contribution in [3.8, 4) is 0 Å². The van der Waals surface area contributed by atoms with Gasteiger partial charge in [-0.3, -0.25) is 0 Å². The Morgan fingerprint density at radius 2 is 1.91 bits per heavy atom. The van der Waals surface area contributed by atoms with Gasteiger partial charge in [0.2, 0.25) is 10.0 Å². The summed E-state index contributed by atoms with van der Waals surface area (Å²) in [7, 11) is -3.08. The molecule has 0 heterocycles. The molecule has 68 valence electrons. The lowest BCUT2D eigenvalue weighted by Gasteiger charge is -2.14. The van der Waals surface area contributed by atoms with Gasteiger partial charge in [-0.1, -0.05) is 13.8 Å². The Labute approximate surface area is 68.2 Å². The van der Waals surface area contributed by atoms with Crippen LogP contribution < -0.4 is 10.5 Å². The maximum Gasteiger partial charge on any atom is 0.208 e. The molecule has 4 nitrogen and oxygen atoms in total. The van der Waals surface area contributed by atoms with E-state index in [2.05, 4.69) is 4.72 Å². The fraction of sp³-hybridized carbons (Fsp3) is 1.00. The van der Waals surface area contributed by atoms with Gasteiger partial charge in [0.15, 0.2) is 0 Å². The molecule has 3 N–H and O–H groups in total. The van der Waals surface area contributed by atoms with Crippen LogP contribution in [0.5, 0.6) is 0 Å². The molecule has 0 radical (unpaired) electrons. The van der Waals surface area contributed by atoms with Gasteiger partial charge in [0.25, 0.3) is 0 Å². The molecule has 1 atom stereocenters. The first kappa shape index (κ1) is 10.9. The van der Waals surface area contributed by atoms with Crippen molar-refractivity contribution in [2.45, 2.75) is 19.9 Å². The molecule has 0 aliphatic rings. The molecule has 0 aliphatic carbocycles. The Balaban J connectivity index is 3.72. The van der Waals surface area contributed by atoms with Crippen LogP contribution in [0.1, 0.15) is 13.8 Å². The third-order valence-electron chi connectivity index (χ3n) is 1.44. The number of hydrogen-bond donors (Lipinski definition) is 2. The minimum atomic E-state index is -3.08. The van der Waals surface area contributed by atoms with Crippen LogP contribution in [0.2, 0.25) is 0 Å². The predicted molar refractivity (Wildman–Crippen MR) is 45.7 cm³/mol. The Bertz CT molecular complexity index is 199. The molecule has 0 aromatic rings. The zero-order chi connectivity index (χ0) is 9.07. The van der Waals surface area contributed by atoms with Gasteiger partial charge in [0.05, 0.1) is 6.26 Å². The first-order chi connectivity index (χ1) is 4.83. The summed E-state index contributed by atoms with van der Waals surface area (Å²) in [5.41, 5.74) is 5.60. The normalized spacial score (nSPS) is 15.4. The molecule has 0 rings (SSSR count). The number of hydrogen-bond acceptors (Lipinski definition) is 3. The molecular formula is C6H16N2O2S. The van der Waals surface area contributed by atoms with Gasteiger partial charge in [-0.05, 0) is 5.92 Å². The summed E-state index contributed by atoms with van der Waals surface area (Å²) in [6.45, 7) is 4.22. The Morgan fingerprint density at radius 1 is 1.45 bits per heavy atom. The Kier molecular flexibility index (Phi) is 3.99. The van der Waals surface area contributed by atoms with Crippen molar-refractivity contribution in [3.63, 3.8) is 0 Å². The number of rotatable bonds is 4. The van der Waals surface area contributed by atoms with E-state index in [1.165, 1.54) is 0 Å². The molecule has 0 fully saturated rings. The van der Waals surface area contributed by atoms with E-state index in [9.17, 15) is 8.42 Å². The minimum absolute atomic E-state index is 0.107. The molecular weight excluding hydrogens is 164 g/mol. The van der Waals surface area contributed by atoms with E-state index < -0.39 is 10.0 Å². The third kappa shape index (κ3) is 6.28. The summed E-state index contributed by atoms with van der Waals surface area (Å²) in [6, 6.07) is -0.107. The number of nitrogens with one attached hydrogen (secondary N) is 1. The van der Waals surface area contributed by atoms with Crippen LogP contribution in [0.15, 0.2) is 0 Å². The highest BCUT2D eigenvalue weighted by Crippen LogP contribution is 1.96. The zero-order valence-corrected chi connectivity index (χ0v) is 7.98. The second kappa shape index (κ2) is 4.04. The van der Waals surface area contributed by atoms with E-state index in [0.29, 0.717) is 12.5 Å². The number of nitrogens with two attached hydrogens (primary N) is 1. The van der Waals surface area contributed by atoms with E-state index in [0.717, 1.165) is 6.26 Å². The molecule has 0 bridgehead atoms. The molecule has 0 aromatic heterocycles. The molecule has 5 heteroatoms. The van der Waals surface area contributed by atoms with E-state index >= 15 is 0 Å². The standard InChI is InChI=1S/C6H16N2O2S/c1-5(2)6(7)4-8-11(3,9)10/h5-6,8H,4,7H2,1-3H3/t6-/m1/s1. The molecule has 0 saturated heterocycles. The van der Waals surface area contributed by atoms with Crippen LogP contribution in [-0.4, -0.2) is 27.3 Å². The zero-order valence-electron chi connectivity index (χ0n) is 7.16. The third-order valence-corrected chi connectivity index (χ3v) is 2.13. The lowest BCUT2D eigenvalue weighted by molar-refractivity contribution is 0.482. The van der Waals surface area contributed by atoms with Crippen molar-refractivity contribution in [2.75, 3.05) is 12.8 Å². The van der Waals surface area contributed by atoms with Crippen LogP contribution in [0.4, 0.5) is 0 Å². The minimum Gasteiger partial charge on any atom is -0.326 e. The fourth-order valence-electron chi connectivity index (χ4n) is 0.483. The molecule has 0 amide bonds. The van der Waals surface area contributed by atoms with E-state index in [4.69, 9.17) is 5.73 Å². The van der Waals surface area contributed by atoms with Crippen LogP contribution in [0.25, 0.3) is 0 Å². The smallest absolute Gasteiger partial charge is 0.208 e. The lowest BCUT2D eigenvalue weighted by atomic mass is 10.1. The van der Waals surface area contributed by atoms with Crippen LogP contribution >= 0.6 is 0 Å². The lowest BCUT2D eigenvalue weighted by Crippen LogP contribution is -2.39. The second-order valence-electron chi connectivity index (χ2n) is 3.03. The monoisotopic (exact) mass is 180 g/mol. The topological polar surface area (TPSA) is 72.2 Å². The van der Waals surface area contributed by atoms with E-state index in [-0.39, 0.29) is 6.04 Å². The second-order valence-corrected chi connectivity index (χ2v) is 4.86. The van der Waals surface area contributed by atoms with Gasteiger partial charge >= 0.3 is 0 Å². The fourth-order valence-corrected chi connectivity index (χ4v) is 0.979. The van der Waals surface area contributed by atoms with Gasteiger partial charge in [-0.15, -0.1) is 0 Å². The predicted octanol–water partition coefficient (Wildman–Crippen LogP) is -0.481. The molecule has 11 heavy (non-hydrogen) atoms. The Morgan fingerprint density at radius 3 is 2.18 bits per heavy atom. The SMILES string of the molecule is CC(C)[C@H](N)CNS(C)(=O)=O. The number of sulfonamides is 1. The highest BCUT2D eigenvalue weighted by molar-refractivity contribution is 7.88. The van der Waals surface area contributed by atoms with Crippen LogP contribution in [-0.2, 0) is 10.0 Å². The van der Waals surface area contributed by atoms with E-state index in [1.807, 2.05) is 13.8 Å². The first-order valence-corrected chi connectivity index (χ1v) is 5.42. The summed E-state index contributed by atoms with van der Waals surface area (Å²) in [5.74, 6) is 0.296.